The fourth-order valence-corrected chi connectivity index (χ4v) is 2.34. The monoisotopic (exact) mass is 227 g/mol. The minimum Gasteiger partial charge on any atom is -0.382 e. The topological polar surface area (TPSA) is 38.3 Å². The third kappa shape index (κ3) is 4.97. The van der Waals surface area contributed by atoms with Crippen LogP contribution in [0.25, 0.3) is 0 Å². The summed E-state index contributed by atoms with van der Waals surface area (Å²) in [4.78, 5) is 11.6. The Bertz CT molecular complexity index is 226. The molecule has 1 atom stereocenters. The van der Waals surface area contributed by atoms with Gasteiger partial charge in [-0.1, -0.05) is 13.8 Å². The fraction of sp³-hybridized carbons (Fsp3) is 0.923. The van der Waals surface area contributed by atoms with Crippen molar-refractivity contribution in [3.63, 3.8) is 0 Å². The van der Waals surface area contributed by atoms with Gasteiger partial charge in [0, 0.05) is 25.7 Å². The lowest BCUT2D eigenvalue weighted by molar-refractivity contribution is -0.122. The lowest BCUT2D eigenvalue weighted by Crippen LogP contribution is -2.33. The standard InChI is InChI=1S/C13H25NO2/c1-4-16-9-5-6-12(15)14-11-7-8-13(2,3)10-11/h11H,4-10H2,1-3H3,(H,14,15). The Morgan fingerprint density at radius 1 is 1.50 bits per heavy atom. The van der Waals surface area contributed by atoms with Crippen LogP contribution in [-0.2, 0) is 9.53 Å². The van der Waals surface area contributed by atoms with E-state index in [0.717, 1.165) is 25.9 Å². The first kappa shape index (κ1) is 13.5. The molecular formula is C13H25NO2. The number of rotatable bonds is 6. The summed E-state index contributed by atoms with van der Waals surface area (Å²) in [6.45, 7) is 7.95. The Kier molecular flexibility index (Phi) is 5.26. The average Bonchev–Trinajstić information content (AvgIpc) is 2.53. The van der Waals surface area contributed by atoms with Gasteiger partial charge in [-0.3, -0.25) is 4.79 Å². The smallest absolute Gasteiger partial charge is 0.220 e. The molecule has 1 N–H and O–H groups in total. The molecular weight excluding hydrogens is 202 g/mol. The van der Waals surface area contributed by atoms with Crippen LogP contribution in [0.1, 0.15) is 52.9 Å². The number of carbonyl (C=O) groups is 1. The van der Waals surface area contributed by atoms with E-state index in [-0.39, 0.29) is 5.91 Å². The highest BCUT2D eigenvalue weighted by molar-refractivity contribution is 5.76. The molecule has 0 spiro atoms. The summed E-state index contributed by atoms with van der Waals surface area (Å²) in [6, 6.07) is 0.398. The maximum absolute atomic E-state index is 11.6. The van der Waals surface area contributed by atoms with E-state index in [1.54, 1.807) is 0 Å². The lowest BCUT2D eigenvalue weighted by Gasteiger charge is -2.17. The van der Waals surface area contributed by atoms with Crippen molar-refractivity contribution in [2.24, 2.45) is 5.41 Å². The first-order valence-electron chi connectivity index (χ1n) is 6.40. The second-order valence-electron chi connectivity index (χ2n) is 5.47. The maximum atomic E-state index is 11.6. The van der Waals surface area contributed by atoms with E-state index in [9.17, 15) is 4.79 Å². The zero-order valence-electron chi connectivity index (χ0n) is 10.8. The molecule has 0 aromatic heterocycles. The van der Waals surface area contributed by atoms with Gasteiger partial charge in [0.15, 0.2) is 0 Å². The van der Waals surface area contributed by atoms with Gasteiger partial charge < -0.3 is 10.1 Å². The molecule has 1 fully saturated rings. The summed E-state index contributed by atoms with van der Waals surface area (Å²) in [5.41, 5.74) is 0.406. The van der Waals surface area contributed by atoms with Crippen molar-refractivity contribution in [3.8, 4) is 0 Å². The van der Waals surface area contributed by atoms with E-state index in [1.807, 2.05) is 6.92 Å². The van der Waals surface area contributed by atoms with Crippen molar-refractivity contribution in [1.29, 1.82) is 0 Å². The highest BCUT2D eigenvalue weighted by Gasteiger charge is 2.31. The van der Waals surface area contributed by atoms with Crippen LogP contribution >= 0.6 is 0 Å². The van der Waals surface area contributed by atoms with E-state index in [0.29, 0.717) is 24.5 Å². The average molecular weight is 227 g/mol. The number of ether oxygens (including phenoxy) is 1. The third-order valence-electron chi connectivity index (χ3n) is 3.23. The van der Waals surface area contributed by atoms with Gasteiger partial charge in [0.1, 0.15) is 0 Å². The van der Waals surface area contributed by atoms with Crippen LogP contribution in [0.3, 0.4) is 0 Å². The van der Waals surface area contributed by atoms with E-state index in [4.69, 9.17) is 4.74 Å². The normalized spacial score (nSPS) is 23.3. The zero-order chi connectivity index (χ0) is 12.0. The third-order valence-corrected chi connectivity index (χ3v) is 3.23. The van der Waals surface area contributed by atoms with Crippen LogP contribution < -0.4 is 5.32 Å². The van der Waals surface area contributed by atoms with Crippen molar-refractivity contribution in [2.45, 2.75) is 58.9 Å². The summed E-state index contributed by atoms with van der Waals surface area (Å²) in [5, 5.41) is 3.12. The van der Waals surface area contributed by atoms with Crippen LogP contribution in [0.4, 0.5) is 0 Å². The number of nitrogens with one attached hydrogen (secondary N) is 1. The van der Waals surface area contributed by atoms with Gasteiger partial charge in [-0.2, -0.15) is 0 Å². The molecule has 1 amide bonds. The molecule has 1 rings (SSSR count). The van der Waals surface area contributed by atoms with Crippen molar-refractivity contribution in [1.82, 2.24) is 5.32 Å². The Labute approximate surface area is 98.9 Å². The molecule has 0 aromatic rings. The Morgan fingerprint density at radius 3 is 2.81 bits per heavy atom. The van der Waals surface area contributed by atoms with E-state index in [2.05, 4.69) is 19.2 Å². The minimum atomic E-state index is 0.183. The Hall–Kier alpha value is -0.570. The molecule has 1 aliphatic carbocycles. The highest BCUT2D eigenvalue weighted by Crippen LogP contribution is 2.36. The van der Waals surface area contributed by atoms with Crippen LogP contribution in [0, 0.1) is 5.41 Å². The Balaban J connectivity index is 2.11. The van der Waals surface area contributed by atoms with Gasteiger partial charge in [0.25, 0.3) is 0 Å². The Morgan fingerprint density at radius 2 is 2.25 bits per heavy atom. The van der Waals surface area contributed by atoms with E-state index in [1.165, 1.54) is 6.42 Å². The summed E-state index contributed by atoms with van der Waals surface area (Å²) in [7, 11) is 0. The molecule has 1 aliphatic rings. The predicted octanol–water partition coefficient (Wildman–Crippen LogP) is 2.50. The lowest BCUT2D eigenvalue weighted by atomic mass is 9.92. The number of carbonyl (C=O) groups excluding carboxylic acids is 1. The van der Waals surface area contributed by atoms with Gasteiger partial charge in [-0.25, -0.2) is 0 Å². The maximum Gasteiger partial charge on any atom is 0.220 e. The summed E-state index contributed by atoms with van der Waals surface area (Å²) < 4.78 is 5.21. The SMILES string of the molecule is CCOCCCC(=O)NC1CCC(C)(C)C1. The van der Waals surface area contributed by atoms with Crippen molar-refractivity contribution >= 4 is 5.91 Å². The molecule has 1 unspecified atom stereocenters. The van der Waals surface area contributed by atoms with Crippen molar-refractivity contribution in [3.05, 3.63) is 0 Å². The van der Waals surface area contributed by atoms with Crippen LogP contribution in [0.5, 0.6) is 0 Å². The minimum absolute atomic E-state index is 0.183. The molecule has 3 nitrogen and oxygen atoms in total. The predicted molar refractivity (Wildman–Crippen MR) is 65.3 cm³/mol. The molecule has 94 valence electrons. The summed E-state index contributed by atoms with van der Waals surface area (Å²) >= 11 is 0. The van der Waals surface area contributed by atoms with Crippen LogP contribution in [0.15, 0.2) is 0 Å². The van der Waals surface area contributed by atoms with Crippen LogP contribution in [-0.4, -0.2) is 25.2 Å². The van der Waals surface area contributed by atoms with E-state index < -0.39 is 0 Å². The van der Waals surface area contributed by atoms with Gasteiger partial charge in [0.2, 0.25) is 5.91 Å². The molecule has 0 aromatic carbocycles. The first-order chi connectivity index (χ1) is 7.53. The molecule has 0 radical (unpaired) electrons. The number of amides is 1. The molecule has 3 heteroatoms. The van der Waals surface area contributed by atoms with Gasteiger partial charge >= 0.3 is 0 Å². The van der Waals surface area contributed by atoms with Gasteiger partial charge in [-0.05, 0) is 38.0 Å². The van der Waals surface area contributed by atoms with Gasteiger partial charge in [0.05, 0.1) is 0 Å². The quantitative estimate of drug-likeness (QED) is 0.708. The molecule has 16 heavy (non-hydrogen) atoms. The zero-order valence-corrected chi connectivity index (χ0v) is 10.8. The molecule has 0 bridgehead atoms. The van der Waals surface area contributed by atoms with E-state index >= 15 is 0 Å². The fourth-order valence-electron chi connectivity index (χ4n) is 2.34. The molecule has 0 aliphatic heterocycles. The highest BCUT2D eigenvalue weighted by atomic mass is 16.5. The molecule has 1 saturated carbocycles. The first-order valence-corrected chi connectivity index (χ1v) is 6.40. The second kappa shape index (κ2) is 6.24. The summed E-state index contributed by atoms with van der Waals surface area (Å²) in [6.07, 6.45) is 4.89. The van der Waals surface area contributed by atoms with Gasteiger partial charge in [-0.15, -0.1) is 0 Å². The van der Waals surface area contributed by atoms with Crippen molar-refractivity contribution < 1.29 is 9.53 Å². The number of hydrogen-bond acceptors (Lipinski definition) is 2. The largest absolute Gasteiger partial charge is 0.382 e. The van der Waals surface area contributed by atoms with Crippen molar-refractivity contribution in [2.75, 3.05) is 13.2 Å². The molecule has 0 heterocycles. The second-order valence-corrected chi connectivity index (χ2v) is 5.47. The van der Waals surface area contributed by atoms with Crippen LogP contribution in [0.2, 0.25) is 0 Å². The number of hydrogen-bond donors (Lipinski definition) is 1. The molecule has 0 saturated heterocycles. The summed E-state index contributed by atoms with van der Waals surface area (Å²) in [5.74, 6) is 0.183.